The van der Waals surface area contributed by atoms with Crippen molar-refractivity contribution in [3.05, 3.63) is 51.6 Å². The van der Waals surface area contributed by atoms with Crippen LogP contribution < -0.4 is 10.2 Å². The molecule has 3 heterocycles. The molecule has 1 N–H and O–H groups in total. The van der Waals surface area contributed by atoms with E-state index >= 15 is 0 Å². The molecular formula is C19H18BrN3O3S. The van der Waals surface area contributed by atoms with Crippen LogP contribution in [0.25, 0.3) is 10.8 Å². The number of anilines is 2. The minimum atomic E-state index is -0.285. The Morgan fingerprint density at radius 2 is 2.11 bits per heavy atom. The Bertz CT molecular complexity index is 949. The summed E-state index contributed by atoms with van der Waals surface area (Å²) in [5.41, 5.74) is 2.00. The van der Waals surface area contributed by atoms with E-state index in [2.05, 4.69) is 31.1 Å². The topological polar surface area (TPSA) is 67.6 Å². The summed E-state index contributed by atoms with van der Waals surface area (Å²) >= 11 is 5.01. The molecule has 0 aliphatic carbocycles. The van der Waals surface area contributed by atoms with Crippen LogP contribution in [0.4, 0.5) is 11.4 Å². The molecule has 0 spiro atoms. The molecule has 0 radical (unpaired) electrons. The molecule has 2 aromatic heterocycles. The summed E-state index contributed by atoms with van der Waals surface area (Å²) in [6.45, 7) is 4.68. The zero-order valence-corrected chi connectivity index (χ0v) is 17.1. The number of aryl methyl sites for hydroxylation is 1. The van der Waals surface area contributed by atoms with Crippen molar-refractivity contribution >= 4 is 44.5 Å². The minimum absolute atomic E-state index is 0.285. The number of hydrogen-bond donors (Lipinski definition) is 1. The molecular weight excluding hydrogens is 430 g/mol. The monoisotopic (exact) mass is 447 g/mol. The third-order valence-electron chi connectivity index (χ3n) is 4.30. The molecule has 1 aromatic carbocycles. The number of benzene rings is 1. The fraction of sp³-hybridized carbons (Fsp3) is 0.263. The van der Waals surface area contributed by atoms with Gasteiger partial charge in [0, 0.05) is 17.6 Å². The van der Waals surface area contributed by atoms with Gasteiger partial charge in [0.15, 0.2) is 5.69 Å². The number of amides is 1. The van der Waals surface area contributed by atoms with Gasteiger partial charge < -0.3 is 19.4 Å². The van der Waals surface area contributed by atoms with Crippen molar-refractivity contribution in [2.24, 2.45) is 0 Å². The van der Waals surface area contributed by atoms with Crippen LogP contribution in [0.2, 0.25) is 0 Å². The molecule has 1 fully saturated rings. The zero-order chi connectivity index (χ0) is 18.8. The van der Waals surface area contributed by atoms with Gasteiger partial charge in [-0.25, -0.2) is 4.98 Å². The van der Waals surface area contributed by atoms with Crippen molar-refractivity contribution in [1.82, 2.24) is 4.98 Å². The number of rotatable bonds is 4. The van der Waals surface area contributed by atoms with Gasteiger partial charge in [0.1, 0.15) is 5.76 Å². The molecule has 0 bridgehead atoms. The van der Waals surface area contributed by atoms with Crippen molar-refractivity contribution in [2.45, 2.75) is 6.92 Å². The number of carbonyl (C=O) groups is 1. The summed E-state index contributed by atoms with van der Waals surface area (Å²) in [6.07, 6.45) is 0. The quantitative estimate of drug-likeness (QED) is 0.634. The number of halogens is 1. The molecule has 1 aliphatic heterocycles. The van der Waals surface area contributed by atoms with Crippen molar-refractivity contribution < 1.29 is 13.9 Å². The average molecular weight is 448 g/mol. The van der Waals surface area contributed by atoms with Gasteiger partial charge >= 0.3 is 0 Å². The lowest BCUT2D eigenvalue weighted by Crippen LogP contribution is -2.36. The lowest BCUT2D eigenvalue weighted by Gasteiger charge is -2.30. The molecule has 1 aliphatic rings. The Hall–Kier alpha value is -2.16. The van der Waals surface area contributed by atoms with Gasteiger partial charge in [-0.3, -0.25) is 4.79 Å². The molecule has 8 heteroatoms. The largest absolute Gasteiger partial charge is 0.440 e. The van der Waals surface area contributed by atoms with Crippen LogP contribution in [0.1, 0.15) is 16.2 Å². The second kappa shape index (κ2) is 7.84. The van der Waals surface area contributed by atoms with E-state index in [1.165, 1.54) is 11.3 Å². The summed E-state index contributed by atoms with van der Waals surface area (Å²) in [7, 11) is 0. The number of thiophene rings is 1. The summed E-state index contributed by atoms with van der Waals surface area (Å²) in [5.74, 6) is 0.681. The minimum Gasteiger partial charge on any atom is -0.440 e. The lowest BCUT2D eigenvalue weighted by molar-refractivity contribution is 0.102. The molecule has 140 valence electrons. The average Bonchev–Trinajstić information content (AvgIpc) is 3.32. The molecule has 1 amide bonds. The van der Waals surface area contributed by atoms with Gasteiger partial charge in [-0.15, -0.1) is 11.3 Å². The SMILES string of the molecule is Cc1oc(-c2cccs2)nc1C(=O)Nc1cc(Br)ccc1N1CCOCC1. The molecule has 6 nitrogen and oxygen atoms in total. The van der Waals surface area contributed by atoms with Crippen LogP contribution in [0.5, 0.6) is 0 Å². The van der Waals surface area contributed by atoms with Crippen LogP contribution in [0.3, 0.4) is 0 Å². The number of ether oxygens (including phenoxy) is 1. The first-order chi connectivity index (χ1) is 13.1. The molecule has 1 saturated heterocycles. The normalized spacial score (nSPS) is 14.4. The lowest BCUT2D eigenvalue weighted by atomic mass is 10.2. The van der Waals surface area contributed by atoms with Crippen LogP contribution in [-0.4, -0.2) is 37.2 Å². The second-order valence-corrected chi connectivity index (χ2v) is 7.98. The van der Waals surface area contributed by atoms with Gasteiger partial charge in [0.2, 0.25) is 5.89 Å². The first kappa shape index (κ1) is 18.2. The van der Waals surface area contributed by atoms with E-state index in [1.54, 1.807) is 6.92 Å². The first-order valence-electron chi connectivity index (χ1n) is 8.57. The van der Waals surface area contributed by atoms with Gasteiger partial charge in [0.25, 0.3) is 5.91 Å². The Labute approximate surface area is 169 Å². The Balaban J connectivity index is 1.60. The highest BCUT2D eigenvalue weighted by atomic mass is 79.9. The Morgan fingerprint density at radius 3 is 2.85 bits per heavy atom. The molecule has 3 aromatic rings. The van der Waals surface area contributed by atoms with E-state index in [9.17, 15) is 4.79 Å². The molecule has 27 heavy (non-hydrogen) atoms. The van der Waals surface area contributed by atoms with E-state index in [0.29, 0.717) is 30.6 Å². The van der Waals surface area contributed by atoms with Crippen molar-refractivity contribution in [1.29, 1.82) is 0 Å². The van der Waals surface area contributed by atoms with E-state index in [4.69, 9.17) is 9.15 Å². The van der Waals surface area contributed by atoms with E-state index in [-0.39, 0.29) is 5.91 Å². The summed E-state index contributed by atoms with van der Waals surface area (Å²) in [4.78, 5) is 20.4. The zero-order valence-electron chi connectivity index (χ0n) is 14.7. The smallest absolute Gasteiger partial charge is 0.277 e. The van der Waals surface area contributed by atoms with Gasteiger partial charge in [-0.05, 0) is 36.6 Å². The Kier molecular flexibility index (Phi) is 5.29. The van der Waals surface area contributed by atoms with Crippen LogP contribution in [-0.2, 0) is 4.74 Å². The maximum atomic E-state index is 12.9. The molecule has 0 saturated carbocycles. The van der Waals surface area contributed by atoms with Crippen molar-refractivity contribution in [3.8, 4) is 10.8 Å². The fourth-order valence-corrected chi connectivity index (χ4v) is 3.99. The van der Waals surface area contributed by atoms with Gasteiger partial charge in [-0.2, -0.15) is 0 Å². The predicted octanol–water partition coefficient (Wildman–Crippen LogP) is 4.56. The van der Waals surface area contributed by atoms with Crippen LogP contribution in [0.15, 0.2) is 44.6 Å². The van der Waals surface area contributed by atoms with Gasteiger partial charge in [-0.1, -0.05) is 22.0 Å². The number of morpholine rings is 1. The fourth-order valence-electron chi connectivity index (χ4n) is 2.98. The number of carbonyl (C=O) groups excluding carboxylic acids is 1. The van der Waals surface area contributed by atoms with E-state index in [1.807, 2.05) is 35.7 Å². The summed E-state index contributed by atoms with van der Waals surface area (Å²) in [5, 5.41) is 4.94. The predicted molar refractivity (Wildman–Crippen MR) is 110 cm³/mol. The van der Waals surface area contributed by atoms with Crippen molar-refractivity contribution in [3.63, 3.8) is 0 Å². The molecule has 4 rings (SSSR count). The van der Waals surface area contributed by atoms with Crippen LogP contribution in [0, 0.1) is 6.92 Å². The third-order valence-corrected chi connectivity index (χ3v) is 5.65. The highest BCUT2D eigenvalue weighted by Gasteiger charge is 2.21. The maximum Gasteiger partial charge on any atom is 0.277 e. The van der Waals surface area contributed by atoms with Gasteiger partial charge in [0.05, 0.1) is 29.5 Å². The third kappa shape index (κ3) is 3.92. The van der Waals surface area contributed by atoms with Crippen molar-refractivity contribution in [2.75, 3.05) is 36.5 Å². The maximum absolute atomic E-state index is 12.9. The second-order valence-electron chi connectivity index (χ2n) is 6.12. The van der Waals surface area contributed by atoms with E-state index in [0.717, 1.165) is 33.8 Å². The highest BCUT2D eigenvalue weighted by Crippen LogP contribution is 2.31. The standard InChI is InChI=1S/C19H18BrN3O3S/c1-12-17(22-19(26-12)16-3-2-10-27-16)18(24)21-14-11-13(20)4-5-15(14)23-6-8-25-9-7-23/h2-5,10-11H,6-9H2,1H3,(H,21,24). The summed E-state index contributed by atoms with van der Waals surface area (Å²) in [6, 6.07) is 9.71. The first-order valence-corrected chi connectivity index (χ1v) is 10.2. The van der Waals surface area contributed by atoms with Crippen LogP contribution >= 0.6 is 27.3 Å². The molecule has 0 unspecified atom stereocenters. The van der Waals surface area contributed by atoms with E-state index < -0.39 is 0 Å². The number of oxazole rings is 1. The summed E-state index contributed by atoms with van der Waals surface area (Å²) < 4.78 is 12.0. The highest BCUT2D eigenvalue weighted by molar-refractivity contribution is 9.10. The Morgan fingerprint density at radius 1 is 1.30 bits per heavy atom. The number of nitrogens with one attached hydrogen (secondary N) is 1. The number of hydrogen-bond acceptors (Lipinski definition) is 6. The number of aromatic nitrogens is 1. The molecule has 0 atom stereocenters. The number of nitrogens with zero attached hydrogens (tertiary/aromatic N) is 2.